The average molecular weight is 153 g/mol. The summed E-state index contributed by atoms with van der Waals surface area (Å²) in [6, 6.07) is 1.68. The highest BCUT2D eigenvalue weighted by Gasteiger charge is 2.10. The lowest BCUT2D eigenvalue weighted by atomic mass is 10.0. The highest BCUT2D eigenvalue weighted by atomic mass is 16.4. The van der Waals surface area contributed by atoms with E-state index in [2.05, 4.69) is 0 Å². The van der Waals surface area contributed by atoms with Gasteiger partial charge in [0.15, 0.2) is 0 Å². The van der Waals surface area contributed by atoms with Crippen LogP contribution in [0.3, 0.4) is 0 Å². The van der Waals surface area contributed by atoms with Crippen LogP contribution in [0.5, 0.6) is 0 Å². The molecule has 0 aromatic carbocycles. The molecule has 0 rings (SSSR count). The Balaban J connectivity index is 4.82. The van der Waals surface area contributed by atoms with Crippen LogP contribution in [0.4, 0.5) is 0 Å². The number of aliphatic carboxylic acids is 1. The molecule has 0 amide bonds. The molecule has 0 heterocycles. The molecule has 3 heteroatoms. The molecule has 0 atom stereocenters. The van der Waals surface area contributed by atoms with Gasteiger partial charge in [0.05, 0.1) is 0 Å². The van der Waals surface area contributed by atoms with Gasteiger partial charge in [0.25, 0.3) is 0 Å². The summed E-state index contributed by atoms with van der Waals surface area (Å²) in [5.41, 5.74) is 0.606. The molecule has 0 aliphatic heterocycles. The molecule has 0 unspecified atom stereocenters. The molecule has 0 saturated heterocycles. The number of nitriles is 1. The number of allylic oxidation sites excluding steroid dienone is 1. The number of hydrogen-bond donors (Lipinski definition) is 1. The summed E-state index contributed by atoms with van der Waals surface area (Å²) >= 11 is 0. The van der Waals surface area contributed by atoms with Gasteiger partial charge in [0.2, 0.25) is 0 Å². The Morgan fingerprint density at radius 1 is 1.45 bits per heavy atom. The first kappa shape index (κ1) is 9.70. The van der Waals surface area contributed by atoms with Crippen LogP contribution in [-0.4, -0.2) is 11.1 Å². The molecular weight excluding hydrogens is 142 g/mol. The van der Waals surface area contributed by atoms with Crippen LogP contribution < -0.4 is 0 Å². The Kier molecular flexibility index (Phi) is 3.97. The van der Waals surface area contributed by atoms with Gasteiger partial charge in [0.1, 0.15) is 11.6 Å². The minimum absolute atomic E-state index is 0.102. The summed E-state index contributed by atoms with van der Waals surface area (Å²) in [5.74, 6) is -1.12. The molecule has 0 aliphatic carbocycles. The van der Waals surface area contributed by atoms with E-state index >= 15 is 0 Å². The number of hydrogen-bond acceptors (Lipinski definition) is 2. The first-order valence-corrected chi connectivity index (χ1v) is 3.52. The maximum Gasteiger partial charge on any atom is 0.346 e. The van der Waals surface area contributed by atoms with Crippen molar-refractivity contribution in [1.29, 1.82) is 5.26 Å². The van der Waals surface area contributed by atoms with E-state index in [-0.39, 0.29) is 5.57 Å². The lowest BCUT2D eigenvalue weighted by molar-refractivity contribution is -0.132. The Morgan fingerprint density at radius 2 is 1.91 bits per heavy atom. The summed E-state index contributed by atoms with van der Waals surface area (Å²) in [4.78, 5) is 10.4. The Morgan fingerprint density at radius 3 is 2.00 bits per heavy atom. The van der Waals surface area contributed by atoms with Gasteiger partial charge in [-0.05, 0) is 18.4 Å². The van der Waals surface area contributed by atoms with Crippen molar-refractivity contribution in [3.63, 3.8) is 0 Å². The van der Waals surface area contributed by atoms with Gasteiger partial charge in [0, 0.05) is 0 Å². The zero-order valence-electron chi connectivity index (χ0n) is 6.72. The molecule has 0 aromatic rings. The van der Waals surface area contributed by atoms with E-state index in [1.165, 1.54) is 0 Å². The van der Waals surface area contributed by atoms with Crippen LogP contribution in [0, 0.1) is 11.3 Å². The molecule has 0 fully saturated rings. The van der Waals surface area contributed by atoms with Crippen molar-refractivity contribution in [2.75, 3.05) is 0 Å². The highest BCUT2D eigenvalue weighted by Crippen LogP contribution is 2.11. The smallest absolute Gasteiger partial charge is 0.346 e. The summed E-state index contributed by atoms with van der Waals surface area (Å²) in [6.45, 7) is 3.69. The van der Waals surface area contributed by atoms with Gasteiger partial charge in [-0.1, -0.05) is 13.8 Å². The monoisotopic (exact) mass is 153 g/mol. The fraction of sp³-hybridized carbons (Fsp3) is 0.500. The zero-order valence-corrected chi connectivity index (χ0v) is 6.72. The van der Waals surface area contributed by atoms with Crippen molar-refractivity contribution in [3.8, 4) is 6.07 Å². The molecule has 0 spiro atoms. The van der Waals surface area contributed by atoms with Gasteiger partial charge in [-0.25, -0.2) is 4.79 Å². The minimum Gasteiger partial charge on any atom is -0.477 e. The van der Waals surface area contributed by atoms with E-state index in [4.69, 9.17) is 10.4 Å². The zero-order chi connectivity index (χ0) is 8.85. The maximum atomic E-state index is 10.4. The third-order valence-corrected chi connectivity index (χ3v) is 1.53. The largest absolute Gasteiger partial charge is 0.477 e. The van der Waals surface area contributed by atoms with E-state index < -0.39 is 5.97 Å². The molecule has 0 radical (unpaired) electrons. The topological polar surface area (TPSA) is 61.1 Å². The van der Waals surface area contributed by atoms with E-state index in [9.17, 15) is 4.79 Å². The van der Waals surface area contributed by atoms with Gasteiger partial charge in [-0.15, -0.1) is 0 Å². The van der Waals surface area contributed by atoms with Crippen LogP contribution in [0.15, 0.2) is 11.1 Å². The average Bonchev–Trinajstić information content (AvgIpc) is 1.99. The van der Waals surface area contributed by atoms with Crippen molar-refractivity contribution in [2.24, 2.45) is 0 Å². The number of carbonyl (C=O) groups is 1. The summed E-state index contributed by atoms with van der Waals surface area (Å²) in [7, 11) is 0. The number of nitrogens with zero attached hydrogens (tertiary/aromatic N) is 1. The Bertz CT molecular complexity index is 217. The van der Waals surface area contributed by atoms with Crippen molar-refractivity contribution in [1.82, 2.24) is 0 Å². The van der Waals surface area contributed by atoms with Crippen LogP contribution in [0.25, 0.3) is 0 Å². The third kappa shape index (κ3) is 2.42. The molecule has 0 bridgehead atoms. The summed E-state index contributed by atoms with van der Waals surface area (Å²) in [5, 5.41) is 17.0. The molecule has 1 N–H and O–H groups in total. The predicted molar refractivity (Wildman–Crippen MR) is 40.9 cm³/mol. The van der Waals surface area contributed by atoms with Crippen LogP contribution in [0.2, 0.25) is 0 Å². The standard InChI is InChI=1S/C8H11NO2/c1-3-6(4-2)7(5-9)8(10)11/h3-4H2,1-2H3,(H,10,11). The van der Waals surface area contributed by atoms with Crippen molar-refractivity contribution >= 4 is 5.97 Å². The molecule has 3 nitrogen and oxygen atoms in total. The number of carboxylic acids is 1. The second kappa shape index (κ2) is 4.51. The fourth-order valence-corrected chi connectivity index (χ4v) is 0.882. The van der Waals surface area contributed by atoms with Gasteiger partial charge in [-0.2, -0.15) is 5.26 Å². The van der Waals surface area contributed by atoms with E-state index in [1.54, 1.807) is 6.07 Å². The normalized spacial score (nSPS) is 8.45. The second-order valence-electron chi connectivity index (χ2n) is 2.10. The van der Waals surface area contributed by atoms with Crippen LogP contribution in [0.1, 0.15) is 26.7 Å². The quantitative estimate of drug-likeness (QED) is 0.496. The van der Waals surface area contributed by atoms with Crippen molar-refractivity contribution < 1.29 is 9.90 Å². The van der Waals surface area contributed by atoms with E-state index in [1.807, 2.05) is 13.8 Å². The lowest BCUT2D eigenvalue weighted by Crippen LogP contribution is -2.01. The van der Waals surface area contributed by atoms with E-state index in [0.717, 1.165) is 0 Å². The third-order valence-electron chi connectivity index (χ3n) is 1.53. The maximum absolute atomic E-state index is 10.4. The van der Waals surface area contributed by atoms with Crippen LogP contribution in [-0.2, 0) is 4.79 Å². The highest BCUT2D eigenvalue weighted by molar-refractivity contribution is 5.91. The summed E-state index contributed by atoms with van der Waals surface area (Å²) < 4.78 is 0. The SMILES string of the molecule is CCC(CC)=C(C#N)C(=O)O. The number of rotatable bonds is 3. The first-order chi connectivity index (χ1) is 5.17. The van der Waals surface area contributed by atoms with Crippen molar-refractivity contribution in [3.05, 3.63) is 11.1 Å². The Hall–Kier alpha value is -1.30. The van der Waals surface area contributed by atoms with Gasteiger partial charge < -0.3 is 5.11 Å². The first-order valence-electron chi connectivity index (χ1n) is 3.52. The molecule has 11 heavy (non-hydrogen) atoms. The molecular formula is C8H11NO2. The fourth-order valence-electron chi connectivity index (χ4n) is 0.882. The summed E-state index contributed by atoms with van der Waals surface area (Å²) in [6.07, 6.45) is 1.26. The van der Waals surface area contributed by atoms with Gasteiger partial charge >= 0.3 is 5.97 Å². The molecule has 60 valence electrons. The van der Waals surface area contributed by atoms with Crippen LogP contribution >= 0.6 is 0 Å². The molecule has 0 saturated carbocycles. The van der Waals surface area contributed by atoms with Gasteiger partial charge in [-0.3, -0.25) is 0 Å². The Labute approximate surface area is 66.0 Å². The minimum atomic E-state index is -1.12. The number of carboxylic acid groups (broad SMARTS) is 1. The molecule has 0 aromatic heterocycles. The predicted octanol–water partition coefficient (Wildman–Crippen LogP) is 1.71. The van der Waals surface area contributed by atoms with E-state index in [0.29, 0.717) is 18.4 Å². The lowest BCUT2D eigenvalue weighted by Gasteiger charge is -1.99. The second-order valence-corrected chi connectivity index (χ2v) is 2.10. The van der Waals surface area contributed by atoms with Crippen molar-refractivity contribution in [2.45, 2.75) is 26.7 Å². The molecule has 0 aliphatic rings.